The summed E-state index contributed by atoms with van der Waals surface area (Å²) in [6.45, 7) is 3.74. The fourth-order valence-corrected chi connectivity index (χ4v) is 5.39. The normalized spacial score (nSPS) is 25.7. The van der Waals surface area contributed by atoms with Gasteiger partial charge in [0.05, 0.1) is 30.8 Å². The monoisotopic (exact) mass is 572 g/mol. The zero-order valence-electron chi connectivity index (χ0n) is 22.4. The van der Waals surface area contributed by atoms with Gasteiger partial charge < -0.3 is 23.4 Å². The van der Waals surface area contributed by atoms with Gasteiger partial charge in [0.1, 0.15) is 35.8 Å². The molecule has 13 heteroatoms. The summed E-state index contributed by atoms with van der Waals surface area (Å²) in [5.74, 6) is -5.36. The molecule has 10 nitrogen and oxygen atoms in total. The molecule has 2 aliphatic rings. The van der Waals surface area contributed by atoms with Crippen LogP contribution in [0.25, 0.3) is 16.9 Å². The Balaban J connectivity index is 1.35. The lowest BCUT2D eigenvalue weighted by Gasteiger charge is -2.51. The molecule has 4 aromatic rings. The molecule has 2 aromatic carbocycles. The Kier molecular flexibility index (Phi) is 7.06. The summed E-state index contributed by atoms with van der Waals surface area (Å²) in [4.78, 5) is 12.6. The van der Waals surface area contributed by atoms with Gasteiger partial charge in [0.2, 0.25) is 0 Å². The number of oxazole rings is 1. The number of aromatic nitrogens is 4. The minimum absolute atomic E-state index is 0.0130. The first-order valence-corrected chi connectivity index (χ1v) is 13.0. The highest BCUT2D eigenvalue weighted by Crippen LogP contribution is 2.40. The van der Waals surface area contributed by atoms with E-state index in [1.165, 1.54) is 22.6 Å². The van der Waals surface area contributed by atoms with Gasteiger partial charge in [-0.15, -0.1) is 5.10 Å². The van der Waals surface area contributed by atoms with Gasteiger partial charge in [-0.3, -0.25) is 0 Å². The van der Waals surface area contributed by atoms with Crippen molar-refractivity contribution in [3.05, 3.63) is 88.6 Å². The van der Waals surface area contributed by atoms with E-state index < -0.39 is 59.5 Å². The minimum atomic E-state index is -1.57. The highest BCUT2D eigenvalue weighted by molar-refractivity contribution is 5.58. The maximum Gasteiger partial charge on any atom is 0.423 e. The van der Waals surface area contributed by atoms with Gasteiger partial charge in [-0.1, -0.05) is 23.4 Å². The number of rotatable bonds is 6. The third-order valence-electron chi connectivity index (χ3n) is 7.26. The van der Waals surface area contributed by atoms with E-state index in [1.807, 2.05) is 18.2 Å². The maximum absolute atomic E-state index is 13.9. The lowest BCUT2D eigenvalue weighted by atomic mass is 9.89. The number of ether oxygens (including phenoxy) is 4. The van der Waals surface area contributed by atoms with Crippen LogP contribution in [0, 0.1) is 17.5 Å². The van der Waals surface area contributed by atoms with E-state index in [2.05, 4.69) is 10.3 Å². The van der Waals surface area contributed by atoms with E-state index >= 15 is 0 Å². The SMILES string of the molecule is CO[C@@H]1[C@@H](n2cc(-c3cc(F)c(F)c(F)c3)nn2)[C@H]2OC(C)(C)OC[C@H]2O[C@@H]1Cc1cn(-c2ccccc2)c(=O)o1. The average molecular weight is 573 g/mol. The van der Waals surface area contributed by atoms with Gasteiger partial charge in [-0.25, -0.2) is 27.2 Å². The molecule has 0 saturated carbocycles. The summed E-state index contributed by atoms with van der Waals surface area (Å²) in [5, 5.41) is 8.31. The molecule has 2 fully saturated rings. The lowest BCUT2D eigenvalue weighted by molar-refractivity contribution is -0.349. The highest BCUT2D eigenvalue weighted by Gasteiger charge is 2.53. The smallest absolute Gasteiger partial charge is 0.413 e. The van der Waals surface area contributed by atoms with Crippen LogP contribution in [-0.2, 0) is 25.4 Å². The molecule has 216 valence electrons. The lowest BCUT2D eigenvalue weighted by Crippen LogP contribution is -2.62. The summed E-state index contributed by atoms with van der Waals surface area (Å²) in [5.41, 5.74) is 0.784. The van der Waals surface area contributed by atoms with Crippen molar-refractivity contribution >= 4 is 0 Å². The van der Waals surface area contributed by atoms with Crippen LogP contribution in [-0.4, -0.2) is 63.5 Å². The molecule has 2 saturated heterocycles. The number of methoxy groups -OCH3 is 1. The van der Waals surface area contributed by atoms with E-state index in [4.69, 9.17) is 23.4 Å². The van der Waals surface area contributed by atoms with Crippen LogP contribution in [0.15, 0.2) is 64.1 Å². The van der Waals surface area contributed by atoms with Crippen molar-refractivity contribution in [1.82, 2.24) is 19.6 Å². The van der Waals surface area contributed by atoms with E-state index in [9.17, 15) is 18.0 Å². The summed E-state index contributed by atoms with van der Waals surface area (Å²) in [7, 11) is 1.51. The molecule has 0 aliphatic carbocycles. The van der Waals surface area contributed by atoms with Gasteiger partial charge in [0, 0.05) is 19.1 Å². The number of benzene rings is 2. The highest BCUT2D eigenvalue weighted by atomic mass is 19.2. The van der Waals surface area contributed by atoms with Crippen LogP contribution in [0.2, 0.25) is 0 Å². The van der Waals surface area contributed by atoms with Crippen LogP contribution in [0.1, 0.15) is 25.6 Å². The standard InChI is InChI=1S/C28H27F3N4O6/c1-28(2)38-14-22-26(41-28)24(35-13-20(32-33-35)15-9-18(29)23(31)19(30)10-15)25(37-3)21(40-22)11-17-12-34(27(36)39-17)16-7-5-4-6-8-16/h4-10,12-13,21-22,24-26H,11,14H2,1-3H3/t21-,22-,24-,25+,26+/m1/s1. The number of hydrogen-bond donors (Lipinski definition) is 0. The fourth-order valence-electron chi connectivity index (χ4n) is 5.39. The predicted molar refractivity (Wildman–Crippen MR) is 137 cm³/mol. The number of nitrogens with zero attached hydrogens (tertiary/aromatic N) is 4. The van der Waals surface area contributed by atoms with Crippen molar-refractivity contribution in [1.29, 1.82) is 0 Å². The van der Waals surface area contributed by atoms with Crippen LogP contribution >= 0.6 is 0 Å². The molecule has 0 spiro atoms. The molecule has 2 aromatic heterocycles. The molecule has 2 aliphatic heterocycles. The van der Waals surface area contributed by atoms with Gasteiger partial charge in [-0.2, -0.15) is 0 Å². The topological polar surface area (TPSA) is 103 Å². The van der Waals surface area contributed by atoms with Crippen molar-refractivity contribution in [2.45, 2.75) is 56.5 Å². The number of para-hydroxylation sites is 1. The van der Waals surface area contributed by atoms with Gasteiger partial charge in [0.15, 0.2) is 23.2 Å². The van der Waals surface area contributed by atoms with Crippen molar-refractivity contribution in [2.24, 2.45) is 0 Å². The Morgan fingerprint density at radius 2 is 1.83 bits per heavy atom. The Bertz CT molecular complexity index is 1580. The van der Waals surface area contributed by atoms with Crippen molar-refractivity contribution < 1.29 is 36.5 Å². The minimum Gasteiger partial charge on any atom is -0.413 e. The van der Waals surface area contributed by atoms with E-state index in [1.54, 1.807) is 32.2 Å². The van der Waals surface area contributed by atoms with Gasteiger partial charge in [0.25, 0.3) is 0 Å². The molecular weight excluding hydrogens is 545 g/mol. The summed E-state index contributed by atoms with van der Waals surface area (Å²) in [6, 6.07) is 10.1. The molecule has 4 heterocycles. The number of fused-ring (bicyclic) bond motifs is 1. The third kappa shape index (κ3) is 5.21. The third-order valence-corrected chi connectivity index (χ3v) is 7.26. The Morgan fingerprint density at radius 1 is 1.10 bits per heavy atom. The molecular formula is C28H27F3N4O6. The second-order valence-corrected chi connectivity index (χ2v) is 10.4. The van der Waals surface area contributed by atoms with E-state index in [0.29, 0.717) is 11.4 Å². The van der Waals surface area contributed by atoms with Crippen LogP contribution in [0.5, 0.6) is 0 Å². The van der Waals surface area contributed by atoms with Crippen LogP contribution in [0.4, 0.5) is 13.2 Å². The van der Waals surface area contributed by atoms with Crippen molar-refractivity contribution in [3.63, 3.8) is 0 Å². The van der Waals surface area contributed by atoms with E-state index in [0.717, 1.165) is 12.1 Å². The Hall–Kier alpha value is -3.78. The molecule has 0 N–H and O–H groups in total. The zero-order chi connectivity index (χ0) is 28.9. The Labute approximate surface area is 232 Å². The van der Waals surface area contributed by atoms with Gasteiger partial charge in [-0.05, 0) is 38.1 Å². The molecule has 6 rings (SSSR count). The predicted octanol–water partition coefficient (Wildman–Crippen LogP) is 3.82. The van der Waals surface area contributed by atoms with Crippen molar-refractivity contribution in [2.75, 3.05) is 13.7 Å². The van der Waals surface area contributed by atoms with E-state index in [-0.39, 0.29) is 24.3 Å². The average Bonchev–Trinajstić information content (AvgIpc) is 3.58. The molecule has 0 amide bonds. The first-order valence-electron chi connectivity index (χ1n) is 13.0. The maximum atomic E-state index is 13.9. The molecule has 0 radical (unpaired) electrons. The molecule has 0 bridgehead atoms. The molecule has 41 heavy (non-hydrogen) atoms. The molecule has 5 atom stereocenters. The van der Waals surface area contributed by atoms with Gasteiger partial charge >= 0.3 is 5.76 Å². The fraction of sp³-hybridized carbons (Fsp3) is 0.393. The number of halogens is 3. The second-order valence-electron chi connectivity index (χ2n) is 10.4. The zero-order valence-corrected chi connectivity index (χ0v) is 22.4. The first-order chi connectivity index (χ1) is 19.6. The summed E-state index contributed by atoms with van der Waals surface area (Å²) in [6.07, 6.45) is 0.774. The quantitative estimate of drug-likeness (QED) is 0.322. The second kappa shape index (κ2) is 10.6. The number of hydrogen-bond acceptors (Lipinski definition) is 8. The van der Waals surface area contributed by atoms with Crippen molar-refractivity contribution in [3.8, 4) is 16.9 Å². The largest absolute Gasteiger partial charge is 0.423 e. The van der Waals surface area contributed by atoms with Crippen LogP contribution in [0.3, 0.4) is 0 Å². The summed E-state index contributed by atoms with van der Waals surface area (Å²) >= 11 is 0. The first kappa shape index (κ1) is 27.4. The molecule has 0 unspecified atom stereocenters. The van der Waals surface area contributed by atoms with Crippen LogP contribution < -0.4 is 5.76 Å². The Morgan fingerprint density at radius 3 is 2.54 bits per heavy atom. The summed E-state index contributed by atoms with van der Waals surface area (Å²) < 4.78 is 74.3.